The van der Waals surface area contributed by atoms with E-state index in [0.717, 1.165) is 12.5 Å². The Bertz CT molecular complexity index is 186. The lowest BCUT2D eigenvalue weighted by Gasteiger charge is -2.18. The van der Waals surface area contributed by atoms with Crippen molar-refractivity contribution in [2.24, 2.45) is 5.92 Å². The number of hydrogen-bond acceptors (Lipinski definition) is 1. The largest absolute Gasteiger partial charge is 0.417 e. The molecule has 0 aromatic heterocycles. The van der Waals surface area contributed by atoms with Crippen molar-refractivity contribution in [1.82, 2.24) is 0 Å². The van der Waals surface area contributed by atoms with E-state index in [1.807, 2.05) is 0 Å². The Morgan fingerprint density at radius 2 is 1.42 bits per heavy atom. The quantitative estimate of drug-likeness (QED) is 0.315. The van der Waals surface area contributed by atoms with E-state index in [-0.39, 0.29) is 0 Å². The predicted molar refractivity (Wildman–Crippen MR) is 87.8 cm³/mol. The van der Waals surface area contributed by atoms with Gasteiger partial charge in [-0.2, -0.15) is 0 Å². The van der Waals surface area contributed by atoms with Crippen molar-refractivity contribution in [3.63, 3.8) is 0 Å². The summed E-state index contributed by atoms with van der Waals surface area (Å²) in [7, 11) is 0.639. The molecule has 0 saturated carbocycles. The van der Waals surface area contributed by atoms with Crippen LogP contribution in [0.5, 0.6) is 0 Å². The second-order valence-corrected chi connectivity index (χ2v) is 9.02. The topological polar surface area (TPSA) is 9.23 Å². The van der Waals surface area contributed by atoms with Crippen molar-refractivity contribution in [3.05, 3.63) is 0 Å². The van der Waals surface area contributed by atoms with E-state index >= 15 is 0 Å². The fraction of sp³-hybridized carbons (Fsp3) is 1.00. The molecule has 0 saturated heterocycles. The third-order valence-corrected chi connectivity index (χ3v) is 4.22. The summed E-state index contributed by atoms with van der Waals surface area (Å²) in [5.74, 6) is 0.731. The van der Waals surface area contributed by atoms with Crippen molar-refractivity contribution < 1.29 is 4.43 Å². The average molecular weight is 285 g/mol. The molecule has 0 unspecified atom stereocenters. The normalized spacial score (nSPS) is 13.7. The van der Waals surface area contributed by atoms with Crippen LogP contribution in [-0.2, 0) is 4.43 Å². The Hall–Kier alpha value is 0.177. The van der Waals surface area contributed by atoms with Crippen LogP contribution in [0.4, 0.5) is 0 Å². The maximum Gasteiger partial charge on any atom is 0.235 e. The van der Waals surface area contributed by atoms with Gasteiger partial charge >= 0.3 is 0 Å². The zero-order valence-corrected chi connectivity index (χ0v) is 15.1. The minimum Gasteiger partial charge on any atom is -0.417 e. The van der Waals surface area contributed by atoms with Crippen molar-refractivity contribution in [1.29, 1.82) is 0 Å². The van der Waals surface area contributed by atoms with E-state index in [0.29, 0.717) is 14.8 Å². The zero-order valence-electron chi connectivity index (χ0n) is 14.1. The molecule has 0 heterocycles. The lowest BCUT2D eigenvalue weighted by molar-refractivity contribution is 0.251. The summed E-state index contributed by atoms with van der Waals surface area (Å²) in [6.45, 7) is 12.3. The molecule has 19 heavy (non-hydrogen) atoms. The van der Waals surface area contributed by atoms with Gasteiger partial charge in [0.15, 0.2) is 0 Å². The minimum absolute atomic E-state index is 0.332. The predicted octanol–water partition coefficient (Wildman–Crippen LogP) is 6.01. The first kappa shape index (κ1) is 19.2. The van der Waals surface area contributed by atoms with E-state index < -0.39 is 0 Å². The second kappa shape index (κ2) is 12.0. The Morgan fingerprint density at radius 3 is 1.95 bits per heavy atom. The molecule has 0 N–H and O–H groups in total. The SMILES string of the molecule is CCCCCCCCCC[C@H](C)CO[Si]C(C)(C)C. The second-order valence-electron chi connectivity index (χ2n) is 7.03. The fourth-order valence-electron chi connectivity index (χ4n) is 2.11. The van der Waals surface area contributed by atoms with Crippen molar-refractivity contribution >= 4 is 9.76 Å². The third-order valence-electron chi connectivity index (χ3n) is 3.30. The smallest absolute Gasteiger partial charge is 0.235 e. The standard InChI is InChI=1S/C17H36OSi/c1-6-7-8-9-10-11-12-13-14-16(2)15-18-19-17(3,4)5/h16H,6-15H2,1-5H3/t16-/m0/s1. The molecule has 0 spiro atoms. The molecule has 0 rings (SSSR count). The van der Waals surface area contributed by atoms with E-state index in [4.69, 9.17) is 4.43 Å². The molecule has 0 aromatic rings. The molecule has 1 nitrogen and oxygen atoms in total. The summed E-state index contributed by atoms with van der Waals surface area (Å²) in [5.41, 5.74) is 0. The third kappa shape index (κ3) is 16.1. The molecule has 2 radical (unpaired) electrons. The highest BCUT2D eigenvalue weighted by atomic mass is 28.2. The molecular formula is C17H36OSi. The first-order valence-corrected chi connectivity index (χ1v) is 9.25. The highest BCUT2D eigenvalue weighted by Crippen LogP contribution is 2.21. The Morgan fingerprint density at radius 1 is 0.895 bits per heavy atom. The van der Waals surface area contributed by atoms with Crippen LogP contribution in [0, 0.1) is 5.92 Å². The highest BCUT2D eigenvalue weighted by molar-refractivity contribution is 6.31. The molecule has 0 fully saturated rings. The zero-order chi connectivity index (χ0) is 14.6. The van der Waals surface area contributed by atoms with Crippen LogP contribution in [0.15, 0.2) is 0 Å². The summed E-state index contributed by atoms with van der Waals surface area (Å²) in [6.07, 6.45) is 12.7. The highest BCUT2D eigenvalue weighted by Gasteiger charge is 2.13. The summed E-state index contributed by atoms with van der Waals surface area (Å²) < 4.78 is 5.81. The van der Waals surface area contributed by atoms with Crippen LogP contribution in [0.1, 0.15) is 92.4 Å². The number of unbranched alkanes of at least 4 members (excludes halogenated alkanes) is 7. The summed E-state index contributed by atoms with van der Waals surface area (Å²) in [4.78, 5) is 0. The molecule has 0 bridgehead atoms. The van der Waals surface area contributed by atoms with Gasteiger partial charge in [-0.1, -0.05) is 86.0 Å². The van der Waals surface area contributed by atoms with Crippen LogP contribution in [0.3, 0.4) is 0 Å². The molecule has 0 aliphatic rings. The van der Waals surface area contributed by atoms with Gasteiger partial charge in [0.1, 0.15) is 0 Å². The van der Waals surface area contributed by atoms with Gasteiger partial charge in [-0.3, -0.25) is 0 Å². The van der Waals surface area contributed by atoms with Gasteiger partial charge in [0.2, 0.25) is 9.76 Å². The van der Waals surface area contributed by atoms with Gasteiger partial charge in [0, 0.05) is 6.61 Å². The van der Waals surface area contributed by atoms with E-state index in [2.05, 4.69) is 34.6 Å². The van der Waals surface area contributed by atoms with Crippen molar-refractivity contribution in [2.75, 3.05) is 6.61 Å². The lowest BCUT2D eigenvalue weighted by atomic mass is 10.0. The molecular weight excluding hydrogens is 248 g/mol. The molecule has 2 heteroatoms. The summed E-state index contributed by atoms with van der Waals surface area (Å²) in [5, 5.41) is 0.332. The lowest BCUT2D eigenvalue weighted by Crippen LogP contribution is -2.16. The van der Waals surface area contributed by atoms with Gasteiger partial charge < -0.3 is 4.43 Å². The van der Waals surface area contributed by atoms with Gasteiger partial charge in [-0.05, 0) is 17.4 Å². The number of hydrogen-bond donors (Lipinski definition) is 0. The van der Waals surface area contributed by atoms with E-state index in [1.54, 1.807) is 0 Å². The van der Waals surface area contributed by atoms with Crippen molar-refractivity contribution in [3.8, 4) is 0 Å². The van der Waals surface area contributed by atoms with Gasteiger partial charge in [0.25, 0.3) is 0 Å². The van der Waals surface area contributed by atoms with Gasteiger partial charge in [0.05, 0.1) is 0 Å². The maximum atomic E-state index is 5.81. The Balaban J connectivity index is 3.23. The number of rotatable bonds is 12. The van der Waals surface area contributed by atoms with E-state index in [1.165, 1.54) is 57.8 Å². The fourth-order valence-corrected chi connectivity index (χ4v) is 2.91. The Kier molecular flexibility index (Phi) is 12.1. The molecule has 1 atom stereocenters. The van der Waals surface area contributed by atoms with Gasteiger partial charge in [-0.25, -0.2) is 0 Å². The van der Waals surface area contributed by atoms with Crippen LogP contribution >= 0.6 is 0 Å². The summed E-state index contributed by atoms with van der Waals surface area (Å²) >= 11 is 0. The molecule has 0 aromatic carbocycles. The minimum atomic E-state index is 0.332. The van der Waals surface area contributed by atoms with Crippen LogP contribution in [-0.4, -0.2) is 16.4 Å². The summed E-state index contributed by atoms with van der Waals surface area (Å²) in [6, 6.07) is 0. The monoisotopic (exact) mass is 284 g/mol. The first-order valence-electron chi connectivity index (χ1n) is 8.34. The maximum absolute atomic E-state index is 5.81. The van der Waals surface area contributed by atoms with E-state index in [9.17, 15) is 0 Å². The Labute approximate surface area is 124 Å². The van der Waals surface area contributed by atoms with Crippen LogP contribution in [0.25, 0.3) is 0 Å². The molecule has 114 valence electrons. The van der Waals surface area contributed by atoms with Crippen LogP contribution in [0.2, 0.25) is 5.04 Å². The average Bonchev–Trinajstić information content (AvgIpc) is 2.31. The molecule has 0 aliphatic heterocycles. The first-order chi connectivity index (χ1) is 8.95. The molecule has 0 aliphatic carbocycles. The molecule has 0 amide bonds. The van der Waals surface area contributed by atoms with Crippen molar-refractivity contribution in [2.45, 2.75) is 97.4 Å². The van der Waals surface area contributed by atoms with Crippen LogP contribution < -0.4 is 0 Å². The van der Waals surface area contributed by atoms with Gasteiger partial charge in [-0.15, -0.1) is 0 Å².